The molecule has 0 fully saturated rings. The van der Waals surface area contributed by atoms with E-state index in [-0.39, 0.29) is 22.7 Å². The molecule has 0 aliphatic heterocycles. The highest BCUT2D eigenvalue weighted by molar-refractivity contribution is 7.89. The third kappa shape index (κ3) is 2.94. The number of rotatable bonds is 4. The minimum atomic E-state index is -3.81. The number of hydrogen-bond donors (Lipinski definition) is 2. The molecule has 0 spiro atoms. The van der Waals surface area contributed by atoms with Gasteiger partial charge in [0.05, 0.1) is 17.4 Å². The second-order valence-corrected chi connectivity index (χ2v) is 5.84. The second kappa shape index (κ2) is 5.02. The lowest BCUT2D eigenvalue weighted by Gasteiger charge is -2.08. The van der Waals surface area contributed by atoms with Crippen LogP contribution < -0.4 is 10.5 Å². The minimum absolute atomic E-state index is 0.0637. The molecule has 0 radical (unpaired) electrons. The molecule has 3 N–H and O–H groups in total. The van der Waals surface area contributed by atoms with Crippen LogP contribution in [0, 0.1) is 12.7 Å². The van der Waals surface area contributed by atoms with Gasteiger partial charge >= 0.3 is 0 Å². The lowest BCUT2D eigenvalue weighted by Crippen LogP contribution is -2.23. The van der Waals surface area contributed by atoms with Crippen LogP contribution in [-0.4, -0.2) is 8.42 Å². The molecule has 1 heterocycles. The van der Waals surface area contributed by atoms with Crippen molar-refractivity contribution in [2.24, 2.45) is 0 Å². The van der Waals surface area contributed by atoms with Gasteiger partial charge < -0.3 is 10.2 Å². The summed E-state index contributed by atoms with van der Waals surface area (Å²) in [6.45, 7) is 1.55. The van der Waals surface area contributed by atoms with Gasteiger partial charge in [0.15, 0.2) is 0 Å². The van der Waals surface area contributed by atoms with Crippen molar-refractivity contribution in [2.45, 2.75) is 18.4 Å². The van der Waals surface area contributed by atoms with Crippen molar-refractivity contribution in [3.63, 3.8) is 0 Å². The van der Waals surface area contributed by atoms with Gasteiger partial charge in [0.2, 0.25) is 10.0 Å². The molecule has 0 aliphatic rings. The quantitative estimate of drug-likeness (QED) is 0.838. The Hall–Kier alpha value is -1.86. The van der Waals surface area contributed by atoms with Gasteiger partial charge in [0.25, 0.3) is 0 Å². The molecule has 0 saturated carbocycles. The molecule has 19 heavy (non-hydrogen) atoms. The number of nitrogens with two attached hydrogens (primary N) is 1. The topological polar surface area (TPSA) is 85.3 Å². The first-order chi connectivity index (χ1) is 8.90. The molecule has 102 valence electrons. The molecule has 1 aromatic carbocycles. The highest BCUT2D eigenvalue weighted by Gasteiger charge is 2.17. The monoisotopic (exact) mass is 284 g/mol. The molecule has 0 amide bonds. The van der Waals surface area contributed by atoms with Crippen molar-refractivity contribution in [3.05, 3.63) is 47.7 Å². The normalized spacial score (nSPS) is 11.7. The summed E-state index contributed by atoms with van der Waals surface area (Å²) in [5.74, 6) is -0.649. The summed E-state index contributed by atoms with van der Waals surface area (Å²) in [6.07, 6.45) is 2.86. The van der Waals surface area contributed by atoms with Crippen molar-refractivity contribution in [1.29, 1.82) is 0 Å². The molecule has 0 saturated heterocycles. The number of benzene rings is 1. The largest absolute Gasteiger partial charge is 0.472 e. The number of nitrogen functional groups attached to an aromatic ring is 1. The average Bonchev–Trinajstić information content (AvgIpc) is 2.86. The number of hydrogen-bond acceptors (Lipinski definition) is 4. The Morgan fingerprint density at radius 1 is 1.42 bits per heavy atom. The van der Waals surface area contributed by atoms with E-state index in [1.807, 2.05) is 0 Å². The summed E-state index contributed by atoms with van der Waals surface area (Å²) in [5.41, 5.74) is 6.56. The summed E-state index contributed by atoms with van der Waals surface area (Å²) in [4.78, 5) is -0.198. The van der Waals surface area contributed by atoms with Crippen molar-refractivity contribution in [2.75, 3.05) is 5.73 Å². The maximum atomic E-state index is 13.5. The predicted octanol–water partition coefficient (Wildman–Crippen LogP) is 1.79. The first kappa shape index (κ1) is 13.6. The predicted molar refractivity (Wildman–Crippen MR) is 68.3 cm³/mol. The minimum Gasteiger partial charge on any atom is -0.472 e. The molecule has 0 unspecified atom stereocenters. The van der Waals surface area contributed by atoms with Crippen LogP contribution in [0.1, 0.15) is 11.1 Å². The highest BCUT2D eigenvalue weighted by Crippen LogP contribution is 2.21. The smallest absolute Gasteiger partial charge is 0.241 e. The van der Waals surface area contributed by atoms with E-state index in [2.05, 4.69) is 4.72 Å². The van der Waals surface area contributed by atoms with E-state index in [4.69, 9.17) is 10.2 Å². The van der Waals surface area contributed by atoms with Crippen LogP contribution in [0.3, 0.4) is 0 Å². The molecule has 0 atom stereocenters. The zero-order valence-electron chi connectivity index (χ0n) is 10.2. The van der Waals surface area contributed by atoms with E-state index in [9.17, 15) is 12.8 Å². The van der Waals surface area contributed by atoms with Crippen molar-refractivity contribution >= 4 is 15.7 Å². The Kier molecular flexibility index (Phi) is 3.59. The molecular weight excluding hydrogens is 271 g/mol. The first-order valence-corrected chi connectivity index (χ1v) is 6.95. The van der Waals surface area contributed by atoms with Crippen molar-refractivity contribution < 1.29 is 17.2 Å². The molecule has 7 heteroatoms. The van der Waals surface area contributed by atoms with Gasteiger partial charge in [-0.15, -0.1) is 0 Å². The fraction of sp³-hybridized carbons (Fsp3) is 0.167. The molecule has 0 aliphatic carbocycles. The molecule has 2 aromatic rings. The molecular formula is C12H13FN2O3S. The van der Waals surface area contributed by atoms with Crippen LogP contribution in [0.15, 0.2) is 40.0 Å². The van der Waals surface area contributed by atoms with Gasteiger partial charge in [-0.3, -0.25) is 0 Å². The standard InChI is InChI=1S/C12H13FN2O3S/c1-8-11(13)4-10(5-12(8)14)19(16,17)15-6-9-2-3-18-7-9/h2-5,7,15H,6,14H2,1H3. The van der Waals surface area contributed by atoms with Crippen molar-refractivity contribution in [1.82, 2.24) is 4.72 Å². The van der Waals surface area contributed by atoms with Crippen LogP contribution in [0.5, 0.6) is 0 Å². The van der Waals surface area contributed by atoms with Gasteiger partial charge in [0.1, 0.15) is 5.82 Å². The van der Waals surface area contributed by atoms with Crippen LogP contribution in [0.4, 0.5) is 10.1 Å². The van der Waals surface area contributed by atoms with Crippen molar-refractivity contribution in [3.8, 4) is 0 Å². The number of furan rings is 1. The summed E-state index contributed by atoms with van der Waals surface area (Å²) in [5, 5.41) is 0. The lowest BCUT2D eigenvalue weighted by atomic mass is 10.2. The third-order valence-electron chi connectivity index (χ3n) is 2.71. The molecule has 0 bridgehead atoms. The number of anilines is 1. The third-order valence-corrected chi connectivity index (χ3v) is 4.10. The molecule has 1 aromatic heterocycles. The molecule has 5 nitrogen and oxygen atoms in total. The van der Waals surface area contributed by atoms with Gasteiger partial charge in [-0.05, 0) is 25.1 Å². The zero-order valence-corrected chi connectivity index (χ0v) is 11.0. The maximum absolute atomic E-state index is 13.5. The summed E-state index contributed by atoms with van der Waals surface area (Å²) in [7, 11) is -3.81. The summed E-state index contributed by atoms with van der Waals surface area (Å²) < 4.78 is 44.6. The lowest BCUT2D eigenvalue weighted by molar-refractivity contribution is 0.560. The zero-order chi connectivity index (χ0) is 14.0. The maximum Gasteiger partial charge on any atom is 0.241 e. The number of sulfonamides is 1. The Morgan fingerprint density at radius 2 is 2.16 bits per heavy atom. The Morgan fingerprint density at radius 3 is 2.74 bits per heavy atom. The van der Waals surface area contributed by atoms with Gasteiger partial charge in [-0.25, -0.2) is 17.5 Å². The van der Waals surface area contributed by atoms with E-state index in [1.165, 1.54) is 25.5 Å². The van der Waals surface area contributed by atoms with E-state index in [1.54, 1.807) is 6.07 Å². The van der Waals surface area contributed by atoms with E-state index in [0.717, 1.165) is 6.07 Å². The number of halogens is 1. The van der Waals surface area contributed by atoms with Crippen LogP contribution in [0.25, 0.3) is 0 Å². The average molecular weight is 284 g/mol. The SMILES string of the molecule is Cc1c(N)cc(S(=O)(=O)NCc2ccoc2)cc1F. The summed E-state index contributed by atoms with van der Waals surface area (Å²) >= 11 is 0. The van der Waals surface area contributed by atoms with Gasteiger partial charge in [0, 0.05) is 23.4 Å². The van der Waals surface area contributed by atoms with Crippen LogP contribution >= 0.6 is 0 Å². The van der Waals surface area contributed by atoms with E-state index >= 15 is 0 Å². The van der Waals surface area contributed by atoms with Crippen LogP contribution in [-0.2, 0) is 16.6 Å². The second-order valence-electron chi connectivity index (χ2n) is 4.08. The fourth-order valence-electron chi connectivity index (χ4n) is 1.48. The number of nitrogens with one attached hydrogen (secondary N) is 1. The Balaban J connectivity index is 2.24. The van der Waals surface area contributed by atoms with Gasteiger partial charge in [-0.1, -0.05) is 0 Å². The fourth-order valence-corrected chi connectivity index (χ4v) is 2.55. The summed E-state index contributed by atoms with van der Waals surface area (Å²) in [6, 6.07) is 3.81. The van der Waals surface area contributed by atoms with Gasteiger partial charge in [-0.2, -0.15) is 0 Å². The Bertz CT molecular complexity index is 658. The molecule has 2 rings (SSSR count). The first-order valence-electron chi connectivity index (χ1n) is 5.46. The van der Waals surface area contributed by atoms with Crippen LogP contribution in [0.2, 0.25) is 0 Å². The highest BCUT2D eigenvalue weighted by atomic mass is 32.2. The van der Waals surface area contributed by atoms with E-state index < -0.39 is 15.8 Å². The van der Waals surface area contributed by atoms with E-state index in [0.29, 0.717) is 5.56 Å². The Labute approximate surface area is 110 Å².